The Balaban J connectivity index is 2.03. The van der Waals surface area contributed by atoms with Crippen LogP contribution in [0.4, 0.5) is 0 Å². The van der Waals surface area contributed by atoms with Gasteiger partial charge in [0.05, 0.1) is 31.6 Å². The summed E-state index contributed by atoms with van der Waals surface area (Å²) in [5.41, 5.74) is 3.84. The van der Waals surface area contributed by atoms with Crippen LogP contribution in [0.3, 0.4) is 0 Å². The minimum Gasteiger partial charge on any atom is -0.495 e. The maximum Gasteiger partial charge on any atom is 0.343 e. The van der Waals surface area contributed by atoms with E-state index >= 15 is 0 Å². The highest BCUT2D eigenvalue weighted by molar-refractivity contribution is 7.13. The van der Waals surface area contributed by atoms with Gasteiger partial charge in [0.25, 0.3) is 0 Å². The molecule has 0 aliphatic rings. The summed E-state index contributed by atoms with van der Waals surface area (Å²) in [7, 11) is 2.88. The second-order valence-corrected chi connectivity index (χ2v) is 6.74. The summed E-state index contributed by atoms with van der Waals surface area (Å²) in [6.45, 7) is 0. The first kappa shape index (κ1) is 17.2. The fraction of sp³-hybridized carbons (Fsp3) is 0.0952. The fourth-order valence-corrected chi connectivity index (χ4v) is 3.75. The third kappa shape index (κ3) is 3.04. The highest BCUT2D eigenvalue weighted by atomic mass is 32.1. The SMILES string of the molecule is COC(=O)c1c(OC)c(-c2cccs2)cc2nc(-c3ccccc3)cnc12. The molecule has 0 aliphatic heterocycles. The molecular formula is C21H16N2O3S. The van der Waals surface area contributed by atoms with E-state index in [1.54, 1.807) is 17.5 Å². The van der Waals surface area contributed by atoms with E-state index in [0.29, 0.717) is 16.8 Å². The smallest absolute Gasteiger partial charge is 0.343 e. The third-order valence-electron chi connectivity index (χ3n) is 4.24. The molecular weight excluding hydrogens is 360 g/mol. The molecule has 2 heterocycles. The van der Waals surface area contributed by atoms with Crippen molar-refractivity contribution >= 4 is 28.3 Å². The summed E-state index contributed by atoms with van der Waals surface area (Å²) in [6, 6.07) is 15.6. The van der Waals surface area contributed by atoms with Crippen LogP contribution < -0.4 is 4.74 Å². The third-order valence-corrected chi connectivity index (χ3v) is 5.14. The molecule has 0 saturated heterocycles. The Morgan fingerprint density at radius 1 is 1.07 bits per heavy atom. The predicted molar refractivity (Wildman–Crippen MR) is 106 cm³/mol. The molecule has 0 saturated carbocycles. The zero-order chi connectivity index (χ0) is 18.8. The van der Waals surface area contributed by atoms with Gasteiger partial charge in [0, 0.05) is 16.0 Å². The number of methoxy groups -OCH3 is 2. The Hall–Kier alpha value is -3.25. The average molecular weight is 376 g/mol. The molecule has 0 fully saturated rings. The Morgan fingerprint density at radius 3 is 2.56 bits per heavy atom. The van der Waals surface area contributed by atoms with E-state index in [9.17, 15) is 4.79 Å². The molecule has 0 atom stereocenters. The minimum absolute atomic E-state index is 0.285. The number of hydrogen-bond acceptors (Lipinski definition) is 6. The fourth-order valence-electron chi connectivity index (χ4n) is 3.01. The number of carbonyl (C=O) groups is 1. The topological polar surface area (TPSA) is 61.3 Å². The number of esters is 1. The number of rotatable bonds is 4. The maximum atomic E-state index is 12.5. The first-order valence-electron chi connectivity index (χ1n) is 8.28. The lowest BCUT2D eigenvalue weighted by Gasteiger charge is -2.14. The quantitative estimate of drug-likeness (QED) is 0.478. The van der Waals surface area contributed by atoms with Gasteiger partial charge < -0.3 is 9.47 Å². The summed E-state index contributed by atoms with van der Waals surface area (Å²) in [5.74, 6) is -0.0596. The lowest BCUT2D eigenvalue weighted by Crippen LogP contribution is -2.08. The normalized spacial score (nSPS) is 10.7. The van der Waals surface area contributed by atoms with Crippen LogP contribution in [-0.2, 0) is 4.74 Å². The largest absolute Gasteiger partial charge is 0.495 e. The molecule has 0 radical (unpaired) electrons. The van der Waals surface area contributed by atoms with Gasteiger partial charge in [0.15, 0.2) is 0 Å². The Labute approximate surface area is 160 Å². The van der Waals surface area contributed by atoms with E-state index in [1.165, 1.54) is 14.2 Å². The summed E-state index contributed by atoms with van der Waals surface area (Å²) < 4.78 is 10.6. The molecule has 0 N–H and O–H groups in total. The number of benzene rings is 2. The molecule has 2 aromatic heterocycles. The molecule has 0 unspecified atom stereocenters. The summed E-state index contributed by atoms with van der Waals surface area (Å²) >= 11 is 1.56. The van der Waals surface area contributed by atoms with Crippen LogP contribution >= 0.6 is 11.3 Å². The van der Waals surface area contributed by atoms with Crippen molar-refractivity contribution in [3.8, 4) is 27.4 Å². The maximum absolute atomic E-state index is 12.5. The number of aromatic nitrogens is 2. The number of hydrogen-bond donors (Lipinski definition) is 0. The van der Waals surface area contributed by atoms with Crippen LogP contribution in [0.2, 0.25) is 0 Å². The first-order valence-corrected chi connectivity index (χ1v) is 9.16. The van der Waals surface area contributed by atoms with E-state index in [-0.39, 0.29) is 5.56 Å². The van der Waals surface area contributed by atoms with Gasteiger partial charge in [0.2, 0.25) is 0 Å². The van der Waals surface area contributed by atoms with Crippen molar-refractivity contribution in [3.63, 3.8) is 0 Å². The number of fused-ring (bicyclic) bond motifs is 1. The van der Waals surface area contributed by atoms with Crippen LogP contribution in [0.5, 0.6) is 5.75 Å². The van der Waals surface area contributed by atoms with Crippen molar-refractivity contribution in [2.24, 2.45) is 0 Å². The van der Waals surface area contributed by atoms with Crippen molar-refractivity contribution in [2.75, 3.05) is 14.2 Å². The number of thiophene rings is 1. The van der Waals surface area contributed by atoms with Crippen molar-refractivity contribution in [2.45, 2.75) is 0 Å². The second-order valence-electron chi connectivity index (χ2n) is 5.79. The molecule has 2 aromatic carbocycles. The highest BCUT2D eigenvalue weighted by Crippen LogP contribution is 2.40. The van der Waals surface area contributed by atoms with Gasteiger partial charge in [-0.3, -0.25) is 4.98 Å². The van der Waals surface area contributed by atoms with E-state index < -0.39 is 5.97 Å². The van der Waals surface area contributed by atoms with Crippen molar-refractivity contribution in [1.29, 1.82) is 0 Å². The van der Waals surface area contributed by atoms with Crippen molar-refractivity contribution in [3.05, 3.63) is 65.7 Å². The van der Waals surface area contributed by atoms with Gasteiger partial charge in [-0.05, 0) is 17.5 Å². The molecule has 0 spiro atoms. The van der Waals surface area contributed by atoms with Crippen LogP contribution in [0.15, 0.2) is 60.1 Å². The van der Waals surface area contributed by atoms with Gasteiger partial charge in [-0.2, -0.15) is 0 Å². The van der Waals surface area contributed by atoms with Gasteiger partial charge in [0.1, 0.15) is 16.8 Å². The summed E-state index contributed by atoms with van der Waals surface area (Å²) in [5, 5.41) is 1.98. The van der Waals surface area contributed by atoms with Crippen molar-refractivity contribution < 1.29 is 14.3 Å². The highest BCUT2D eigenvalue weighted by Gasteiger charge is 2.24. The zero-order valence-corrected chi connectivity index (χ0v) is 15.6. The molecule has 4 aromatic rings. The summed E-state index contributed by atoms with van der Waals surface area (Å²) in [4.78, 5) is 22.8. The first-order chi connectivity index (χ1) is 13.2. The second kappa shape index (κ2) is 7.17. The Kier molecular flexibility index (Phi) is 4.56. The van der Waals surface area contributed by atoms with Gasteiger partial charge >= 0.3 is 5.97 Å². The zero-order valence-electron chi connectivity index (χ0n) is 14.8. The van der Waals surface area contributed by atoms with Crippen molar-refractivity contribution in [1.82, 2.24) is 9.97 Å². The van der Waals surface area contributed by atoms with Gasteiger partial charge in [-0.15, -0.1) is 11.3 Å². The van der Waals surface area contributed by atoms with E-state index in [0.717, 1.165) is 21.7 Å². The molecule has 0 amide bonds. The average Bonchev–Trinajstić information content (AvgIpc) is 3.26. The van der Waals surface area contributed by atoms with Crippen LogP contribution in [0.1, 0.15) is 10.4 Å². The van der Waals surface area contributed by atoms with Gasteiger partial charge in [-0.25, -0.2) is 9.78 Å². The molecule has 134 valence electrons. The van der Waals surface area contributed by atoms with Crippen LogP contribution in [0.25, 0.3) is 32.7 Å². The monoisotopic (exact) mass is 376 g/mol. The molecule has 0 aliphatic carbocycles. The molecule has 0 bridgehead atoms. The van der Waals surface area contributed by atoms with E-state index in [2.05, 4.69) is 4.98 Å². The lowest BCUT2D eigenvalue weighted by molar-refractivity contribution is 0.0599. The summed E-state index contributed by atoms with van der Waals surface area (Å²) in [6.07, 6.45) is 1.66. The Bertz CT molecular complexity index is 1110. The van der Waals surface area contributed by atoms with Crippen LogP contribution in [0, 0.1) is 0 Å². The van der Waals surface area contributed by atoms with Crippen LogP contribution in [-0.4, -0.2) is 30.2 Å². The molecule has 4 rings (SSSR count). The Morgan fingerprint density at radius 2 is 1.89 bits per heavy atom. The predicted octanol–water partition coefficient (Wildman–Crippen LogP) is 4.82. The number of ether oxygens (including phenoxy) is 2. The molecule has 27 heavy (non-hydrogen) atoms. The number of nitrogens with zero attached hydrogens (tertiary/aromatic N) is 2. The van der Waals surface area contributed by atoms with E-state index in [4.69, 9.17) is 14.5 Å². The molecule has 6 heteroatoms. The van der Waals surface area contributed by atoms with Gasteiger partial charge in [-0.1, -0.05) is 36.4 Å². The standard InChI is InChI=1S/C21H16N2O3S/c1-25-20-14(17-9-6-10-27-17)11-15-19(18(20)21(24)26-2)22-12-16(23-15)13-7-4-3-5-8-13/h3-12H,1-2H3. The minimum atomic E-state index is -0.503. The number of carbonyl (C=O) groups excluding carboxylic acids is 1. The molecule has 5 nitrogen and oxygen atoms in total. The van der Waals surface area contributed by atoms with E-state index in [1.807, 2.05) is 53.9 Å². The lowest BCUT2D eigenvalue weighted by atomic mass is 10.0.